The van der Waals surface area contributed by atoms with Crippen LogP contribution < -0.4 is 0 Å². The topological polar surface area (TPSA) is 6.48 Å². The number of nitrogens with zero attached hydrogens (tertiary/aromatic N) is 2. The van der Waals surface area contributed by atoms with Gasteiger partial charge >= 0.3 is 0 Å². The van der Waals surface area contributed by atoms with Crippen LogP contribution in [0.3, 0.4) is 0 Å². The molecule has 1 unspecified atom stereocenters. The lowest BCUT2D eigenvalue weighted by Gasteiger charge is -2.31. The highest BCUT2D eigenvalue weighted by atomic mass is 15.6. The van der Waals surface area contributed by atoms with E-state index in [1.54, 1.807) is 6.08 Å². The molecule has 0 amide bonds. The Hall–Kier alpha value is -0.340. The molecule has 0 saturated carbocycles. The summed E-state index contributed by atoms with van der Waals surface area (Å²) in [4.78, 5) is 0. The number of hydrogen-bond donors (Lipinski definition) is 0. The molecule has 1 aliphatic rings. The van der Waals surface area contributed by atoms with Gasteiger partial charge in [-0.05, 0) is 38.5 Å². The van der Waals surface area contributed by atoms with Crippen molar-refractivity contribution in [2.75, 3.05) is 26.2 Å². The molecule has 1 fully saturated rings. The molecule has 0 spiro atoms. The largest absolute Gasteiger partial charge is 0.242 e. The zero-order valence-electron chi connectivity index (χ0n) is 34.9. The molecule has 0 radical (unpaired) electrons. The lowest BCUT2D eigenvalue weighted by Crippen LogP contribution is -2.41. The van der Waals surface area contributed by atoms with Crippen molar-refractivity contribution in [3.63, 3.8) is 0 Å². The van der Waals surface area contributed by atoms with Gasteiger partial charge in [0.2, 0.25) is 0 Å². The average Bonchev–Trinajstić information content (AvgIpc) is 3.63. The Morgan fingerprint density at radius 2 is 0.688 bits per heavy atom. The van der Waals surface area contributed by atoms with Crippen LogP contribution in [-0.4, -0.2) is 36.2 Å². The minimum absolute atomic E-state index is 1.02. The number of unbranched alkanes of at least 4 members (excludes halogenated alkanes) is 23. The smallest absolute Gasteiger partial charge is 0.0133 e. The number of hydrazine groups is 1. The Balaban J connectivity index is 0. The van der Waals surface area contributed by atoms with Crippen LogP contribution in [0.4, 0.5) is 0 Å². The summed E-state index contributed by atoms with van der Waals surface area (Å²) in [6, 6.07) is 0. The second kappa shape index (κ2) is 44.7. The molecule has 1 saturated heterocycles. The quantitative estimate of drug-likeness (QED) is 0.0494. The molecular formula is C46H96N2. The molecule has 0 aromatic carbocycles. The summed E-state index contributed by atoms with van der Waals surface area (Å²) in [5.74, 6) is 1.02. The molecule has 2 nitrogen and oxygen atoms in total. The molecular weight excluding hydrogens is 581 g/mol. The summed E-state index contributed by atoms with van der Waals surface area (Å²) in [5.41, 5.74) is 0. The minimum atomic E-state index is 1.02. The molecule has 2 heteroatoms. The van der Waals surface area contributed by atoms with E-state index >= 15 is 0 Å². The van der Waals surface area contributed by atoms with Crippen LogP contribution in [0.5, 0.6) is 0 Å². The Kier molecular flexibility index (Phi) is 46.3. The summed E-state index contributed by atoms with van der Waals surface area (Å²) in [6.07, 6.45) is 49.4. The van der Waals surface area contributed by atoms with Crippen LogP contribution in [-0.2, 0) is 0 Å². The third-order valence-corrected chi connectivity index (χ3v) is 10.4. The van der Waals surface area contributed by atoms with Crippen molar-refractivity contribution in [2.24, 2.45) is 5.92 Å². The van der Waals surface area contributed by atoms with Gasteiger partial charge in [0.05, 0.1) is 0 Å². The van der Waals surface area contributed by atoms with Crippen molar-refractivity contribution in [3.05, 3.63) is 12.7 Å². The molecule has 0 aromatic rings. The fraction of sp³-hybridized carbons (Fsp3) is 0.957. The van der Waals surface area contributed by atoms with Gasteiger partial charge < -0.3 is 0 Å². The van der Waals surface area contributed by atoms with Crippen LogP contribution in [0.15, 0.2) is 12.7 Å². The van der Waals surface area contributed by atoms with Crippen LogP contribution in [0.2, 0.25) is 0 Å². The van der Waals surface area contributed by atoms with E-state index in [2.05, 4.69) is 51.2 Å². The van der Waals surface area contributed by atoms with Gasteiger partial charge in [-0.25, -0.2) is 10.0 Å². The lowest BCUT2D eigenvalue weighted by atomic mass is 9.89. The number of hydrogen-bond acceptors (Lipinski definition) is 2. The van der Waals surface area contributed by atoms with Crippen molar-refractivity contribution >= 4 is 0 Å². The van der Waals surface area contributed by atoms with Crippen LogP contribution >= 0.6 is 0 Å². The Morgan fingerprint density at radius 3 is 1.02 bits per heavy atom. The van der Waals surface area contributed by atoms with E-state index in [4.69, 9.17) is 0 Å². The highest BCUT2D eigenvalue weighted by Crippen LogP contribution is 2.25. The van der Waals surface area contributed by atoms with Crippen molar-refractivity contribution in [1.29, 1.82) is 0 Å². The van der Waals surface area contributed by atoms with E-state index in [9.17, 15) is 0 Å². The first-order valence-corrected chi connectivity index (χ1v) is 22.7. The minimum Gasteiger partial charge on any atom is -0.242 e. The third kappa shape index (κ3) is 38.5. The SMILES string of the molecule is C=CC.CCCCCCCCC.CCCCCCCCCCC(CCCCCCCC)CCCCCCN(CCCCC)N1CCCC1. The molecule has 290 valence electrons. The second-order valence-corrected chi connectivity index (χ2v) is 15.4. The van der Waals surface area contributed by atoms with Gasteiger partial charge in [-0.3, -0.25) is 0 Å². The van der Waals surface area contributed by atoms with Gasteiger partial charge in [-0.1, -0.05) is 227 Å². The monoisotopic (exact) mass is 677 g/mol. The third-order valence-electron chi connectivity index (χ3n) is 10.4. The van der Waals surface area contributed by atoms with Gasteiger partial charge in [0.25, 0.3) is 0 Å². The maximum Gasteiger partial charge on any atom is 0.0133 e. The molecule has 0 bridgehead atoms. The summed E-state index contributed by atoms with van der Waals surface area (Å²) < 4.78 is 0. The predicted molar refractivity (Wildman–Crippen MR) is 223 cm³/mol. The zero-order valence-corrected chi connectivity index (χ0v) is 34.9. The van der Waals surface area contributed by atoms with E-state index in [0.29, 0.717) is 0 Å². The van der Waals surface area contributed by atoms with Crippen molar-refractivity contribution in [2.45, 2.75) is 253 Å². The normalized spacial score (nSPS) is 13.6. The molecule has 1 aliphatic heterocycles. The van der Waals surface area contributed by atoms with Crippen molar-refractivity contribution < 1.29 is 0 Å². The van der Waals surface area contributed by atoms with E-state index in [1.807, 2.05) is 6.92 Å². The number of rotatable bonds is 34. The maximum absolute atomic E-state index is 3.36. The first-order chi connectivity index (χ1) is 23.6. The highest BCUT2D eigenvalue weighted by Gasteiger charge is 2.18. The van der Waals surface area contributed by atoms with Crippen LogP contribution in [0, 0.1) is 5.92 Å². The van der Waals surface area contributed by atoms with Crippen LogP contribution in [0.1, 0.15) is 253 Å². The van der Waals surface area contributed by atoms with Gasteiger partial charge in [0.15, 0.2) is 0 Å². The van der Waals surface area contributed by atoms with Crippen molar-refractivity contribution in [1.82, 2.24) is 10.0 Å². The highest BCUT2D eigenvalue weighted by molar-refractivity contribution is 4.67. The van der Waals surface area contributed by atoms with Crippen molar-refractivity contribution in [3.8, 4) is 0 Å². The summed E-state index contributed by atoms with van der Waals surface area (Å²) in [5, 5.41) is 5.41. The van der Waals surface area contributed by atoms with Gasteiger partial charge in [0, 0.05) is 26.2 Å². The molecule has 0 aliphatic carbocycles. The number of allylic oxidation sites excluding steroid dienone is 1. The molecule has 1 rings (SSSR count). The Morgan fingerprint density at radius 1 is 0.438 bits per heavy atom. The average molecular weight is 677 g/mol. The van der Waals surface area contributed by atoms with Gasteiger partial charge in [0.1, 0.15) is 0 Å². The van der Waals surface area contributed by atoms with E-state index in [0.717, 1.165) is 5.92 Å². The zero-order chi connectivity index (χ0) is 35.6. The molecule has 1 atom stereocenters. The van der Waals surface area contributed by atoms with E-state index in [1.165, 1.54) is 238 Å². The van der Waals surface area contributed by atoms with Crippen LogP contribution in [0.25, 0.3) is 0 Å². The lowest BCUT2D eigenvalue weighted by molar-refractivity contribution is -0.00620. The predicted octanol–water partition coefficient (Wildman–Crippen LogP) is 16.3. The molecule has 1 heterocycles. The fourth-order valence-corrected chi connectivity index (χ4v) is 7.25. The molecule has 0 aromatic heterocycles. The van der Waals surface area contributed by atoms with Gasteiger partial charge in [-0.15, -0.1) is 6.58 Å². The molecule has 0 N–H and O–H groups in total. The standard InChI is InChI=1S/C34H70N2.C9H20.C3H6/c1-4-7-10-12-14-15-17-21-28-34(27-20-16-13-11-8-5-2)29-22-18-19-24-31-35(30-23-9-6-3)36-32-25-26-33-36;1-3-5-7-9-8-6-4-2;1-3-2/h34H,4-33H2,1-3H3;3-9H2,1-2H3;3H,1H2,2H3. The second-order valence-electron chi connectivity index (χ2n) is 15.4. The van der Waals surface area contributed by atoms with E-state index in [-0.39, 0.29) is 0 Å². The summed E-state index contributed by atoms with van der Waals surface area (Å²) >= 11 is 0. The first-order valence-electron chi connectivity index (χ1n) is 22.7. The summed E-state index contributed by atoms with van der Waals surface area (Å²) in [7, 11) is 0. The Labute approximate surface area is 307 Å². The Bertz CT molecular complexity index is 548. The molecule has 48 heavy (non-hydrogen) atoms. The van der Waals surface area contributed by atoms with E-state index < -0.39 is 0 Å². The fourth-order valence-electron chi connectivity index (χ4n) is 7.25. The maximum atomic E-state index is 3.36. The first kappa shape index (κ1) is 49.8. The van der Waals surface area contributed by atoms with Gasteiger partial charge in [-0.2, -0.15) is 0 Å². The summed E-state index contributed by atoms with van der Waals surface area (Å²) in [6.45, 7) is 22.0.